The van der Waals surface area contributed by atoms with Crippen molar-refractivity contribution in [1.82, 2.24) is 10.2 Å². The number of benzene rings is 1. The summed E-state index contributed by atoms with van der Waals surface area (Å²) in [7, 11) is 3.81. The largest absolute Gasteiger partial charge is 0.497 e. The first-order valence-corrected chi connectivity index (χ1v) is 7.64. The molecule has 122 valence electrons. The molecule has 0 aromatic heterocycles. The molecule has 0 bridgehead atoms. The molecule has 1 aromatic rings. The number of halogens is 1. The number of ether oxygens (including phenoxy) is 1. The smallest absolute Gasteiger partial charge is 0.193 e. The first-order valence-electron chi connectivity index (χ1n) is 7.64. The van der Waals surface area contributed by atoms with Gasteiger partial charge in [0.1, 0.15) is 5.75 Å². The van der Waals surface area contributed by atoms with E-state index >= 15 is 0 Å². The van der Waals surface area contributed by atoms with E-state index in [1.807, 2.05) is 6.07 Å². The van der Waals surface area contributed by atoms with Gasteiger partial charge in [-0.2, -0.15) is 0 Å². The van der Waals surface area contributed by atoms with Crippen molar-refractivity contribution in [2.75, 3.05) is 51.8 Å². The van der Waals surface area contributed by atoms with Crippen molar-refractivity contribution in [3.05, 3.63) is 24.3 Å². The van der Waals surface area contributed by atoms with Crippen LogP contribution in [0.2, 0.25) is 0 Å². The maximum Gasteiger partial charge on any atom is 0.193 e. The highest BCUT2D eigenvalue weighted by Gasteiger charge is 2.24. The van der Waals surface area contributed by atoms with E-state index in [0.29, 0.717) is 5.92 Å². The molecule has 0 spiro atoms. The van der Waals surface area contributed by atoms with Crippen LogP contribution in [0.3, 0.4) is 0 Å². The summed E-state index contributed by atoms with van der Waals surface area (Å²) in [4.78, 5) is 9.11. The second-order valence-electron chi connectivity index (χ2n) is 5.81. The second-order valence-corrected chi connectivity index (χ2v) is 5.81. The summed E-state index contributed by atoms with van der Waals surface area (Å²) < 4.78 is 5.31. The summed E-state index contributed by atoms with van der Waals surface area (Å²) in [6, 6.07) is 8.33. The molecule has 1 saturated heterocycles. The maximum atomic E-state index is 5.31. The molecule has 2 heterocycles. The van der Waals surface area contributed by atoms with Crippen LogP contribution in [-0.4, -0.2) is 57.7 Å². The maximum absolute atomic E-state index is 5.31. The topological polar surface area (TPSA) is 40.1 Å². The Morgan fingerprint density at radius 3 is 2.95 bits per heavy atom. The van der Waals surface area contributed by atoms with Gasteiger partial charge in [-0.05, 0) is 24.5 Å². The molecule has 2 aliphatic rings. The molecule has 6 heteroatoms. The number of nitrogens with zero attached hydrogens (tertiary/aromatic N) is 3. The normalized spacial score (nSPS) is 20.6. The molecule has 1 unspecified atom stereocenters. The number of anilines is 1. The highest BCUT2D eigenvalue weighted by Crippen LogP contribution is 2.26. The van der Waals surface area contributed by atoms with E-state index in [0.717, 1.165) is 44.4 Å². The molecule has 5 nitrogen and oxygen atoms in total. The minimum Gasteiger partial charge on any atom is -0.497 e. The van der Waals surface area contributed by atoms with Crippen molar-refractivity contribution in [1.29, 1.82) is 0 Å². The van der Waals surface area contributed by atoms with Gasteiger partial charge in [-0.25, -0.2) is 0 Å². The molecule has 1 N–H and O–H groups in total. The predicted molar refractivity (Wildman–Crippen MR) is 102 cm³/mol. The number of aliphatic imine (C=N–C) groups is 1. The fourth-order valence-electron chi connectivity index (χ4n) is 3.00. The highest BCUT2D eigenvalue weighted by atomic mass is 127. The highest BCUT2D eigenvalue weighted by molar-refractivity contribution is 14.0. The molecule has 0 aliphatic carbocycles. The zero-order chi connectivity index (χ0) is 14.7. The molecular weight excluding hydrogens is 391 g/mol. The third-order valence-corrected chi connectivity index (χ3v) is 4.31. The van der Waals surface area contributed by atoms with E-state index in [4.69, 9.17) is 4.74 Å². The van der Waals surface area contributed by atoms with E-state index in [1.165, 1.54) is 12.1 Å². The molecule has 2 aliphatic heterocycles. The van der Waals surface area contributed by atoms with Gasteiger partial charge in [0.15, 0.2) is 5.96 Å². The lowest BCUT2D eigenvalue weighted by molar-refractivity contribution is 0.415. The predicted octanol–water partition coefficient (Wildman–Crippen LogP) is 2.03. The molecule has 3 rings (SSSR count). The lowest BCUT2D eigenvalue weighted by atomic mass is 10.1. The second kappa shape index (κ2) is 7.89. The molecule has 0 radical (unpaired) electrons. The lowest BCUT2D eigenvalue weighted by Crippen LogP contribution is -2.38. The Labute approximate surface area is 149 Å². The van der Waals surface area contributed by atoms with E-state index < -0.39 is 0 Å². The number of hydrogen-bond donors (Lipinski definition) is 1. The number of rotatable bonds is 4. The Morgan fingerprint density at radius 2 is 2.23 bits per heavy atom. The van der Waals surface area contributed by atoms with Gasteiger partial charge in [-0.3, -0.25) is 4.99 Å². The monoisotopic (exact) mass is 416 g/mol. The number of likely N-dealkylation sites (N-methyl/N-ethyl adjacent to an activating group) is 1. The molecular formula is C16H25IN4O. The van der Waals surface area contributed by atoms with Gasteiger partial charge >= 0.3 is 0 Å². The van der Waals surface area contributed by atoms with Crippen LogP contribution in [0, 0.1) is 5.92 Å². The summed E-state index contributed by atoms with van der Waals surface area (Å²) >= 11 is 0. The summed E-state index contributed by atoms with van der Waals surface area (Å²) in [6.07, 6.45) is 1.22. The van der Waals surface area contributed by atoms with Gasteiger partial charge in [0.2, 0.25) is 0 Å². The molecule has 1 atom stereocenters. The number of nitrogens with one attached hydrogen (secondary N) is 1. The number of methoxy groups -OCH3 is 1. The zero-order valence-corrected chi connectivity index (χ0v) is 15.6. The Hall–Kier alpha value is -1.18. The van der Waals surface area contributed by atoms with Gasteiger partial charge in [0, 0.05) is 45.0 Å². The number of guanidine groups is 1. The zero-order valence-electron chi connectivity index (χ0n) is 13.3. The lowest BCUT2D eigenvalue weighted by Gasteiger charge is -2.20. The third-order valence-electron chi connectivity index (χ3n) is 4.31. The SMILES string of the molecule is COc1cccc(N2CCC(CNC3=NCCN3C)C2)c1.I. The molecule has 1 aromatic carbocycles. The van der Waals surface area contributed by atoms with E-state index in [9.17, 15) is 0 Å². The third kappa shape index (κ3) is 3.97. The summed E-state index contributed by atoms with van der Waals surface area (Å²) in [5.41, 5.74) is 1.26. The Morgan fingerprint density at radius 1 is 1.36 bits per heavy atom. The van der Waals surface area contributed by atoms with E-state index in [1.54, 1.807) is 7.11 Å². The van der Waals surface area contributed by atoms with Crippen LogP contribution >= 0.6 is 24.0 Å². The Kier molecular flexibility index (Phi) is 6.16. The van der Waals surface area contributed by atoms with E-state index in [2.05, 4.69) is 45.4 Å². The quantitative estimate of drug-likeness (QED) is 0.763. The first kappa shape index (κ1) is 17.2. The van der Waals surface area contributed by atoms with Crippen LogP contribution in [0.1, 0.15) is 6.42 Å². The first-order chi connectivity index (χ1) is 10.3. The summed E-state index contributed by atoms with van der Waals surface area (Å²) in [5, 5.41) is 3.49. The minimum atomic E-state index is 0. The number of hydrogen-bond acceptors (Lipinski definition) is 5. The van der Waals surface area contributed by atoms with Gasteiger partial charge in [0.05, 0.1) is 13.7 Å². The fraction of sp³-hybridized carbons (Fsp3) is 0.562. The summed E-state index contributed by atoms with van der Waals surface area (Å²) in [6.45, 7) is 5.16. The molecule has 1 fully saturated rings. The van der Waals surface area contributed by atoms with Crippen molar-refractivity contribution >= 4 is 35.6 Å². The van der Waals surface area contributed by atoms with Crippen LogP contribution in [-0.2, 0) is 0 Å². The average Bonchev–Trinajstić information content (AvgIpc) is 3.14. The van der Waals surface area contributed by atoms with Crippen LogP contribution in [0.15, 0.2) is 29.3 Å². The van der Waals surface area contributed by atoms with Crippen LogP contribution < -0.4 is 15.0 Å². The van der Waals surface area contributed by atoms with Crippen LogP contribution in [0.25, 0.3) is 0 Å². The Balaban J connectivity index is 0.00000176. The molecule has 0 saturated carbocycles. The standard InChI is InChI=1S/C16H24N4O.HI/c1-19-9-7-17-16(19)18-11-13-6-8-20(12-13)14-4-3-5-15(10-14)21-2;/h3-5,10,13H,6-9,11-12H2,1-2H3,(H,17,18);1H. The minimum absolute atomic E-state index is 0. The summed E-state index contributed by atoms with van der Waals surface area (Å²) in [5.74, 6) is 2.65. The van der Waals surface area contributed by atoms with Crippen molar-refractivity contribution in [3.63, 3.8) is 0 Å². The van der Waals surface area contributed by atoms with Crippen molar-refractivity contribution < 1.29 is 4.74 Å². The van der Waals surface area contributed by atoms with Crippen LogP contribution in [0.5, 0.6) is 5.75 Å². The van der Waals surface area contributed by atoms with Gasteiger partial charge in [0.25, 0.3) is 0 Å². The van der Waals surface area contributed by atoms with Gasteiger partial charge in [-0.1, -0.05) is 6.07 Å². The molecule has 22 heavy (non-hydrogen) atoms. The van der Waals surface area contributed by atoms with E-state index in [-0.39, 0.29) is 24.0 Å². The van der Waals surface area contributed by atoms with Crippen molar-refractivity contribution in [2.24, 2.45) is 10.9 Å². The van der Waals surface area contributed by atoms with Crippen molar-refractivity contribution in [3.8, 4) is 5.75 Å². The average molecular weight is 416 g/mol. The van der Waals surface area contributed by atoms with Crippen LogP contribution in [0.4, 0.5) is 5.69 Å². The fourth-order valence-corrected chi connectivity index (χ4v) is 3.00. The molecule has 0 amide bonds. The Bertz CT molecular complexity index is 523. The van der Waals surface area contributed by atoms with Crippen molar-refractivity contribution in [2.45, 2.75) is 6.42 Å². The van der Waals surface area contributed by atoms with Gasteiger partial charge in [-0.15, -0.1) is 24.0 Å². The van der Waals surface area contributed by atoms with Gasteiger partial charge < -0.3 is 19.9 Å².